The zero-order valence-corrected chi connectivity index (χ0v) is 16.6. The number of nitrogens with zero attached hydrogens (tertiary/aromatic N) is 2. The zero-order chi connectivity index (χ0) is 20.6. The first-order chi connectivity index (χ1) is 14.1. The summed E-state index contributed by atoms with van der Waals surface area (Å²) in [5, 5.41) is 5.70. The number of carbonyl (C=O) groups excluding carboxylic acids is 2. The van der Waals surface area contributed by atoms with Gasteiger partial charge < -0.3 is 14.2 Å². The minimum Gasteiger partial charge on any atom is -0.490 e. The van der Waals surface area contributed by atoms with Gasteiger partial charge in [0.25, 0.3) is 5.91 Å². The van der Waals surface area contributed by atoms with Crippen LogP contribution in [-0.2, 0) is 9.53 Å². The van der Waals surface area contributed by atoms with Gasteiger partial charge in [-0.2, -0.15) is 5.10 Å². The predicted octanol–water partition coefficient (Wildman–Crippen LogP) is 3.28. The fraction of sp³-hybridized carbons (Fsp3) is 0.318. The minimum atomic E-state index is -0.603. The van der Waals surface area contributed by atoms with Gasteiger partial charge in [0.15, 0.2) is 18.1 Å². The lowest BCUT2D eigenvalue weighted by atomic mass is 10.1. The first-order valence-corrected chi connectivity index (χ1v) is 9.62. The van der Waals surface area contributed by atoms with Crippen molar-refractivity contribution in [2.75, 3.05) is 26.4 Å². The Morgan fingerprint density at radius 2 is 1.72 bits per heavy atom. The van der Waals surface area contributed by atoms with Crippen LogP contribution in [0.5, 0.6) is 11.5 Å². The van der Waals surface area contributed by atoms with Crippen LogP contribution in [-0.4, -0.2) is 49.0 Å². The highest BCUT2D eigenvalue weighted by molar-refractivity contribution is 6.02. The molecule has 0 bridgehead atoms. The number of ether oxygens (including phenoxy) is 3. The number of hydrogen-bond donors (Lipinski definition) is 0. The van der Waals surface area contributed by atoms with Crippen LogP contribution in [0, 0.1) is 0 Å². The Kier molecular flexibility index (Phi) is 6.84. The molecule has 1 heterocycles. The van der Waals surface area contributed by atoms with Gasteiger partial charge in [-0.1, -0.05) is 30.3 Å². The highest BCUT2D eigenvalue weighted by Gasteiger charge is 2.23. The smallest absolute Gasteiger partial charge is 0.338 e. The molecule has 2 aromatic rings. The van der Waals surface area contributed by atoms with Gasteiger partial charge in [0.2, 0.25) is 0 Å². The molecule has 0 atom stereocenters. The Labute approximate surface area is 169 Å². The van der Waals surface area contributed by atoms with E-state index in [0.717, 1.165) is 11.3 Å². The standard InChI is InChI=1S/C22H24N2O5/c1-3-27-19-11-10-17(14-20(19)28-4-2)22(26)29-15-21(25)24-13-12-18(23-24)16-8-6-5-7-9-16/h5-11,14H,3-4,12-13,15H2,1-2H3. The van der Waals surface area contributed by atoms with Crippen LogP contribution in [0.1, 0.15) is 36.2 Å². The summed E-state index contributed by atoms with van der Waals surface area (Å²) in [5.74, 6) is 0.0580. The molecule has 1 aliphatic heterocycles. The third kappa shape index (κ3) is 5.13. The predicted molar refractivity (Wildman–Crippen MR) is 108 cm³/mol. The van der Waals surface area contributed by atoms with Crippen LogP contribution >= 0.6 is 0 Å². The number of rotatable bonds is 8. The topological polar surface area (TPSA) is 77.4 Å². The van der Waals surface area contributed by atoms with E-state index >= 15 is 0 Å². The van der Waals surface area contributed by atoms with Crippen molar-refractivity contribution in [3.05, 3.63) is 59.7 Å². The Balaban J connectivity index is 1.60. The van der Waals surface area contributed by atoms with Crippen LogP contribution in [0.4, 0.5) is 0 Å². The second-order valence-corrected chi connectivity index (χ2v) is 6.28. The molecule has 0 aliphatic carbocycles. The molecule has 7 heteroatoms. The van der Waals surface area contributed by atoms with Crippen LogP contribution in [0.25, 0.3) is 0 Å². The lowest BCUT2D eigenvalue weighted by Gasteiger charge is -2.13. The van der Waals surface area contributed by atoms with Gasteiger partial charge in [0.05, 0.1) is 31.0 Å². The molecule has 0 saturated carbocycles. The Bertz CT molecular complexity index is 895. The first-order valence-electron chi connectivity index (χ1n) is 9.62. The molecule has 7 nitrogen and oxygen atoms in total. The Morgan fingerprint density at radius 3 is 2.45 bits per heavy atom. The quantitative estimate of drug-likeness (QED) is 0.640. The summed E-state index contributed by atoms with van der Waals surface area (Å²) in [4.78, 5) is 24.7. The van der Waals surface area contributed by atoms with E-state index in [1.807, 2.05) is 44.2 Å². The second kappa shape index (κ2) is 9.73. The molecule has 0 fully saturated rings. The number of carbonyl (C=O) groups is 2. The van der Waals surface area contributed by atoms with Crippen molar-refractivity contribution in [2.24, 2.45) is 5.10 Å². The van der Waals surface area contributed by atoms with Crippen LogP contribution in [0.2, 0.25) is 0 Å². The molecule has 0 N–H and O–H groups in total. The lowest BCUT2D eigenvalue weighted by Crippen LogP contribution is -2.28. The number of hydrogen-bond acceptors (Lipinski definition) is 6. The molecule has 0 spiro atoms. The van der Waals surface area contributed by atoms with Gasteiger partial charge in [0.1, 0.15) is 0 Å². The van der Waals surface area contributed by atoms with Gasteiger partial charge >= 0.3 is 5.97 Å². The van der Waals surface area contributed by atoms with E-state index in [0.29, 0.717) is 43.2 Å². The first kappa shape index (κ1) is 20.4. The monoisotopic (exact) mass is 396 g/mol. The summed E-state index contributed by atoms with van der Waals surface area (Å²) in [7, 11) is 0. The van der Waals surface area contributed by atoms with E-state index in [4.69, 9.17) is 14.2 Å². The fourth-order valence-corrected chi connectivity index (χ4v) is 2.93. The average molecular weight is 396 g/mol. The van der Waals surface area contributed by atoms with E-state index in [9.17, 15) is 9.59 Å². The number of amides is 1. The third-order valence-corrected chi connectivity index (χ3v) is 4.30. The summed E-state index contributed by atoms with van der Waals surface area (Å²) in [5.41, 5.74) is 2.12. The molecule has 2 aromatic carbocycles. The number of hydrazone groups is 1. The van der Waals surface area contributed by atoms with E-state index in [2.05, 4.69) is 5.10 Å². The average Bonchev–Trinajstić information content (AvgIpc) is 3.24. The van der Waals surface area contributed by atoms with Crippen molar-refractivity contribution in [3.8, 4) is 11.5 Å². The van der Waals surface area contributed by atoms with Crippen molar-refractivity contribution in [2.45, 2.75) is 20.3 Å². The molecule has 3 rings (SSSR count). The maximum absolute atomic E-state index is 12.4. The second-order valence-electron chi connectivity index (χ2n) is 6.28. The van der Waals surface area contributed by atoms with Gasteiger partial charge in [0, 0.05) is 6.42 Å². The Hall–Kier alpha value is -3.35. The van der Waals surface area contributed by atoms with E-state index in [-0.39, 0.29) is 12.5 Å². The number of esters is 1. The van der Waals surface area contributed by atoms with Crippen molar-refractivity contribution < 1.29 is 23.8 Å². The van der Waals surface area contributed by atoms with Crippen LogP contribution in [0.3, 0.4) is 0 Å². The molecule has 152 valence electrons. The van der Waals surface area contributed by atoms with Gasteiger partial charge in [-0.25, -0.2) is 9.80 Å². The van der Waals surface area contributed by atoms with Gasteiger partial charge in [-0.3, -0.25) is 4.79 Å². The molecule has 1 aliphatic rings. The number of benzene rings is 2. The fourth-order valence-electron chi connectivity index (χ4n) is 2.93. The van der Waals surface area contributed by atoms with Crippen molar-refractivity contribution in [1.82, 2.24) is 5.01 Å². The van der Waals surface area contributed by atoms with Crippen LogP contribution in [0.15, 0.2) is 53.6 Å². The molecule has 0 saturated heterocycles. The summed E-state index contributed by atoms with van der Waals surface area (Å²) >= 11 is 0. The van der Waals surface area contributed by atoms with E-state index < -0.39 is 5.97 Å². The highest BCUT2D eigenvalue weighted by Crippen LogP contribution is 2.28. The van der Waals surface area contributed by atoms with E-state index in [1.165, 1.54) is 5.01 Å². The molecule has 1 amide bonds. The van der Waals surface area contributed by atoms with E-state index in [1.54, 1.807) is 18.2 Å². The minimum absolute atomic E-state index is 0.291. The van der Waals surface area contributed by atoms with Crippen molar-refractivity contribution in [1.29, 1.82) is 0 Å². The van der Waals surface area contributed by atoms with Gasteiger partial charge in [-0.15, -0.1) is 0 Å². The zero-order valence-electron chi connectivity index (χ0n) is 16.6. The van der Waals surface area contributed by atoms with Crippen molar-refractivity contribution >= 4 is 17.6 Å². The van der Waals surface area contributed by atoms with Crippen molar-refractivity contribution in [3.63, 3.8) is 0 Å². The highest BCUT2D eigenvalue weighted by atomic mass is 16.5. The van der Waals surface area contributed by atoms with Crippen LogP contribution < -0.4 is 9.47 Å². The van der Waals surface area contributed by atoms with Gasteiger partial charge in [-0.05, 0) is 37.6 Å². The molecule has 0 aromatic heterocycles. The molecule has 0 radical (unpaired) electrons. The molecular formula is C22H24N2O5. The summed E-state index contributed by atoms with van der Waals surface area (Å²) in [6.45, 7) is 4.74. The lowest BCUT2D eigenvalue weighted by molar-refractivity contribution is -0.134. The largest absolute Gasteiger partial charge is 0.490 e. The summed E-state index contributed by atoms with van der Waals surface area (Å²) in [6, 6.07) is 14.5. The molecular weight excluding hydrogens is 372 g/mol. The normalized spacial score (nSPS) is 13.0. The maximum atomic E-state index is 12.4. The Morgan fingerprint density at radius 1 is 1.00 bits per heavy atom. The summed E-state index contributed by atoms with van der Waals surface area (Å²) in [6.07, 6.45) is 0.667. The molecule has 29 heavy (non-hydrogen) atoms. The SMILES string of the molecule is CCOc1ccc(C(=O)OCC(=O)N2CCC(c3ccccc3)=N2)cc1OCC. The molecule has 0 unspecified atom stereocenters. The maximum Gasteiger partial charge on any atom is 0.338 e. The summed E-state index contributed by atoms with van der Waals surface area (Å²) < 4.78 is 16.2. The third-order valence-electron chi connectivity index (χ3n) is 4.30.